The number of halogens is 1. The molecule has 4 heteroatoms. The van der Waals surface area contributed by atoms with E-state index in [2.05, 4.69) is 0 Å². The lowest BCUT2D eigenvalue weighted by molar-refractivity contribution is -0.142. The molecular formula is C14H17ClO3. The van der Waals surface area contributed by atoms with Crippen molar-refractivity contribution in [2.75, 3.05) is 5.88 Å². The zero-order chi connectivity index (χ0) is 13.8. The van der Waals surface area contributed by atoms with Crippen LogP contribution < -0.4 is 0 Å². The smallest absolute Gasteiger partial charge is 0.313 e. The van der Waals surface area contributed by atoms with E-state index in [1.165, 1.54) is 0 Å². The number of rotatable bonds is 6. The Kier molecular flexibility index (Phi) is 4.91. The van der Waals surface area contributed by atoms with Gasteiger partial charge in [-0.05, 0) is 31.9 Å². The number of carbonyl (C=O) groups is 2. The minimum Gasteiger partial charge on any atom is -0.481 e. The lowest BCUT2D eigenvalue weighted by Gasteiger charge is -2.20. The predicted octanol–water partition coefficient (Wildman–Crippen LogP) is 3.25. The molecule has 0 aromatic heterocycles. The minimum absolute atomic E-state index is 0.00121. The van der Waals surface area contributed by atoms with E-state index < -0.39 is 11.4 Å². The van der Waals surface area contributed by atoms with Crippen LogP contribution in [0.5, 0.6) is 0 Å². The molecule has 98 valence electrons. The molecule has 1 N–H and O–H groups in total. The van der Waals surface area contributed by atoms with Crippen molar-refractivity contribution >= 4 is 23.4 Å². The standard InChI is InChI=1S/C14H17ClO3/c1-14(2,13(17)18)11-6-3-5-10(9-11)12(16)7-4-8-15/h3,5-6,9H,4,7-8H2,1-2H3,(H,17,18). The largest absolute Gasteiger partial charge is 0.481 e. The summed E-state index contributed by atoms with van der Waals surface area (Å²) in [5, 5.41) is 9.16. The number of aliphatic carboxylic acids is 1. The van der Waals surface area contributed by atoms with E-state index in [1.807, 2.05) is 0 Å². The van der Waals surface area contributed by atoms with Crippen molar-refractivity contribution < 1.29 is 14.7 Å². The Morgan fingerprint density at radius 2 is 2.00 bits per heavy atom. The summed E-state index contributed by atoms with van der Waals surface area (Å²) < 4.78 is 0. The Morgan fingerprint density at radius 1 is 1.33 bits per heavy atom. The summed E-state index contributed by atoms with van der Waals surface area (Å²) >= 11 is 5.55. The molecule has 0 fully saturated rings. The number of alkyl halides is 1. The van der Waals surface area contributed by atoms with Gasteiger partial charge in [-0.3, -0.25) is 9.59 Å². The Balaban J connectivity index is 2.99. The summed E-state index contributed by atoms with van der Waals surface area (Å²) in [6.45, 7) is 3.25. The average molecular weight is 269 g/mol. The first-order chi connectivity index (χ1) is 8.39. The molecule has 0 atom stereocenters. The second kappa shape index (κ2) is 6.01. The van der Waals surface area contributed by atoms with Crippen LogP contribution in [0, 0.1) is 0 Å². The molecule has 0 aliphatic heterocycles. The normalized spacial score (nSPS) is 11.3. The highest BCUT2D eigenvalue weighted by atomic mass is 35.5. The van der Waals surface area contributed by atoms with Gasteiger partial charge in [0.15, 0.2) is 5.78 Å². The first kappa shape index (κ1) is 14.7. The monoisotopic (exact) mass is 268 g/mol. The van der Waals surface area contributed by atoms with Crippen LogP contribution in [0.3, 0.4) is 0 Å². The maximum absolute atomic E-state index is 11.8. The van der Waals surface area contributed by atoms with Gasteiger partial charge in [0, 0.05) is 17.9 Å². The van der Waals surface area contributed by atoms with E-state index in [4.69, 9.17) is 16.7 Å². The number of benzene rings is 1. The number of Topliss-reactive ketones (excluding diaryl/α,β-unsaturated/α-hetero) is 1. The zero-order valence-electron chi connectivity index (χ0n) is 10.6. The summed E-state index contributed by atoms with van der Waals surface area (Å²) in [6.07, 6.45) is 1.02. The fourth-order valence-corrected chi connectivity index (χ4v) is 1.71. The van der Waals surface area contributed by atoms with E-state index in [9.17, 15) is 9.59 Å². The van der Waals surface area contributed by atoms with Gasteiger partial charge in [0.25, 0.3) is 0 Å². The first-order valence-corrected chi connectivity index (χ1v) is 6.36. The molecule has 0 aliphatic carbocycles. The van der Waals surface area contributed by atoms with Crippen LogP contribution in [0.1, 0.15) is 42.6 Å². The Morgan fingerprint density at radius 3 is 2.56 bits per heavy atom. The lowest BCUT2D eigenvalue weighted by Crippen LogP contribution is -2.28. The summed E-state index contributed by atoms with van der Waals surface area (Å²) in [6, 6.07) is 6.81. The molecule has 0 bridgehead atoms. The maximum Gasteiger partial charge on any atom is 0.313 e. The summed E-state index contributed by atoms with van der Waals surface area (Å²) in [5.74, 6) is -0.460. The summed E-state index contributed by atoms with van der Waals surface area (Å²) in [5.41, 5.74) is 0.182. The number of carboxylic acid groups (broad SMARTS) is 1. The predicted molar refractivity (Wildman–Crippen MR) is 71.4 cm³/mol. The number of hydrogen-bond acceptors (Lipinski definition) is 2. The van der Waals surface area contributed by atoms with E-state index in [1.54, 1.807) is 38.1 Å². The third-order valence-electron chi connectivity index (χ3n) is 2.98. The van der Waals surface area contributed by atoms with Crippen LogP contribution in [0.15, 0.2) is 24.3 Å². The molecule has 0 amide bonds. The molecular weight excluding hydrogens is 252 g/mol. The van der Waals surface area contributed by atoms with Crippen molar-refractivity contribution in [2.24, 2.45) is 0 Å². The van der Waals surface area contributed by atoms with E-state index >= 15 is 0 Å². The number of ketones is 1. The van der Waals surface area contributed by atoms with E-state index in [0.29, 0.717) is 29.8 Å². The molecule has 0 saturated carbocycles. The van der Waals surface area contributed by atoms with Crippen molar-refractivity contribution in [3.8, 4) is 0 Å². The van der Waals surface area contributed by atoms with E-state index in [0.717, 1.165) is 0 Å². The summed E-state index contributed by atoms with van der Waals surface area (Å²) in [4.78, 5) is 23.0. The fourth-order valence-electron chi connectivity index (χ4n) is 1.58. The van der Waals surface area contributed by atoms with Gasteiger partial charge in [-0.2, -0.15) is 0 Å². The highest BCUT2D eigenvalue weighted by molar-refractivity contribution is 6.18. The van der Waals surface area contributed by atoms with Crippen molar-refractivity contribution in [1.82, 2.24) is 0 Å². The molecule has 0 saturated heterocycles. The molecule has 0 aliphatic rings. The van der Waals surface area contributed by atoms with Crippen molar-refractivity contribution in [3.63, 3.8) is 0 Å². The van der Waals surface area contributed by atoms with Crippen LogP contribution in [-0.2, 0) is 10.2 Å². The van der Waals surface area contributed by atoms with Crippen LogP contribution in [0.25, 0.3) is 0 Å². The van der Waals surface area contributed by atoms with Gasteiger partial charge in [0.1, 0.15) is 0 Å². The van der Waals surface area contributed by atoms with Crippen LogP contribution in [0.4, 0.5) is 0 Å². The quantitative estimate of drug-likeness (QED) is 0.636. The average Bonchev–Trinajstić information content (AvgIpc) is 2.35. The van der Waals surface area contributed by atoms with Crippen LogP contribution in [-0.4, -0.2) is 22.7 Å². The van der Waals surface area contributed by atoms with Gasteiger partial charge in [0.2, 0.25) is 0 Å². The molecule has 1 aromatic rings. The molecule has 0 radical (unpaired) electrons. The number of hydrogen-bond donors (Lipinski definition) is 1. The van der Waals surface area contributed by atoms with Gasteiger partial charge < -0.3 is 5.11 Å². The van der Waals surface area contributed by atoms with Crippen LogP contribution in [0.2, 0.25) is 0 Å². The topological polar surface area (TPSA) is 54.4 Å². The number of carbonyl (C=O) groups excluding carboxylic acids is 1. The first-order valence-electron chi connectivity index (χ1n) is 5.82. The number of carboxylic acids is 1. The van der Waals surface area contributed by atoms with Crippen molar-refractivity contribution in [1.29, 1.82) is 0 Å². The second-order valence-corrected chi connectivity index (χ2v) is 5.10. The molecule has 1 aromatic carbocycles. The Hall–Kier alpha value is -1.35. The summed E-state index contributed by atoms with van der Waals surface area (Å²) in [7, 11) is 0. The lowest BCUT2D eigenvalue weighted by atomic mass is 9.83. The Bertz CT molecular complexity index is 452. The zero-order valence-corrected chi connectivity index (χ0v) is 11.3. The van der Waals surface area contributed by atoms with Gasteiger partial charge in [0.05, 0.1) is 5.41 Å². The highest BCUT2D eigenvalue weighted by Crippen LogP contribution is 2.24. The molecule has 18 heavy (non-hydrogen) atoms. The SMILES string of the molecule is CC(C)(C(=O)O)c1cccc(C(=O)CCCCl)c1. The van der Waals surface area contributed by atoms with Gasteiger partial charge in [-0.25, -0.2) is 0 Å². The van der Waals surface area contributed by atoms with Crippen LogP contribution >= 0.6 is 11.6 Å². The van der Waals surface area contributed by atoms with Gasteiger partial charge >= 0.3 is 5.97 Å². The Labute approximate surface area is 112 Å². The highest BCUT2D eigenvalue weighted by Gasteiger charge is 2.29. The van der Waals surface area contributed by atoms with Crippen molar-refractivity contribution in [3.05, 3.63) is 35.4 Å². The fraction of sp³-hybridized carbons (Fsp3) is 0.429. The second-order valence-electron chi connectivity index (χ2n) is 4.73. The van der Waals surface area contributed by atoms with E-state index in [-0.39, 0.29) is 5.78 Å². The molecule has 3 nitrogen and oxygen atoms in total. The molecule has 1 rings (SSSR count). The molecule has 0 heterocycles. The minimum atomic E-state index is -0.997. The van der Waals surface area contributed by atoms with Crippen molar-refractivity contribution in [2.45, 2.75) is 32.1 Å². The maximum atomic E-state index is 11.8. The van der Waals surface area contributed by atoms with Gasteiger partial charge in [-0.15, -0.1) is 11.6 Å². The molecule has 0 spiro atoms. The van der Waals surface area contributed by atoms with Gasteiger partial charge in [-0.1, -0.05) is 18.2 Å². The third-order valence-corrected chi connectivity index (χ3v) is 3.25. The third kappa shape index (κ3) is 3.33. The molecule has 0 unspecified atom stereocenters.